The Morgan fingerprint density at radius 3 is 2.54 bits per heavy atom. The smallest absolute Gasteiger partial charge is 0.273 e. The highest BCUT2D eigenvalue weighted by atomic mass is 16.6. The number of hydrogen-bond donors (Lipinski definition) is 1. The van der Waals surface area contributed by atoms with Crippen LogP contribution in [-0.2, 0) is 16.2 Å². The van der Waals surface area contributed by atoms with Crippen LogP contribution in [0.25, 0.3) is 0 Å². The summed E-state index contributed by atoms with van der Waals surface area (Å²) in [5.74, 6) is 0.516. The van der Waals surface area contributed by atoms with Crippen LogP contribution in [-0.4, -0.2) is 25.3 Å². The maximum Gasteiger partial charge on any atom is 0.273 e. The maximum absolute atomic E-state index is 12.1. The zero-order chi connectivity index (χ0) is 17.4. The number of likely N-dealkylation sites (N-methyl/N-ethyl adjacent to an activating group) is 1. The normalized spacial score (nSPS) is 11.0. The van der Waals surface area contributed by atoms with E-state index < -0.39 is 0 Å². The number of hydrogen-bond acceptors (Lipinski definition) is 4. The van der Waals surface area contributed by atoms with E-state index in [1.165, 1.54) is 0 Å². The lowest BCUT2D eigenvalue weighted by Crippen LogP contribution is -2.29. The van der Waals surface area contributed by atoms with Gasteiger partial charge in [0, 0.05) is 12.6 Å². The van der Waals surface area contributed by atoms with Gasteiger partial charge in [0.15, 0.2) is 5.71 Å². The van der Waals surface area contributed by atoms with Gasteiger partial charge in [-0.2, -0.15) is 0 Å². The summed E-state index contributed by atoms with van der Waals surface area (Å²) in [6, 6.07) is 15.3. The second kappa shape index (κ2) is 8.72. The van der Waals surface area contributed by atoms with Gasteiger partial charge in [-0.1, -0.05) is 47.6 Å². The maximum atomic E-state index is 12.1. The van der Waals surface area contributed by atoms with Crippen molar-refractivity contribution < 1.29 is 14.4 Å². The molecule has 0 saturated carbocycles. The Hall–Kier alpha value is -2.82. The van der Waals surface area contributed by atoms with Crippen LogP contribution in [0.15, 0.2) is 53.7 Å². The molecule has 0 aliphatic carbocycles. The summed E-state index contributed by atoms with van der Waals surface area (Å²) in [5.41, 5.74) is 2.86. The molecule has 0 aliphatic rings. The summed E-state index contributed by atoms with van der Waals surface area (Å²) in [6.45, 7) is 4.54. The molecule has 0 aromatic heterocycles. The predicted molar refractivity (Wildman–Crippen MR) is 94.2 cm³/mol. The van der Waals surface area contributed by atoms with E-state index in [4.69, 9.17) is 9.57 Å². The van der Waals surface area contributed by atoms with Crippen LogP contribution in [0.3, 0.4) is 0 Å². The van der Waals surface area contributed by atoms with Crippen LogP contribution in [0.2, 0.25) is 0 Å². The Morgan fingerprint density at radius 1 is 1.12 bits per heavy atom. The highest BCUT2D eigenvalue weighted by molar-refractivity contribution is 6.45. The lowest BCUT2D eigenvalue weighted by atomic mass is 10.0. The van der Waals surface area contributed by atoms with Gasteiger partial charge in [-0.05, 0) is 31.0 Å². The number of oxime groups is 1. The highest BCUT2D eigenvalue weighted by Gasteiger charge is 2.17. The molecule has 0 atom stereocenters. The van der Waals surface area contributed by atoms with Crippen molar-refractivity contribution >= 4 is 11.6 Å². The van der Waals surface area contributed by atoms with Gasteiger partial charge in [0.05, 0.1) is 0 Å². The van der Waals surface area contributed by atoms with E-state index in [0.717, 1.165) is 16.9 Å². The topological polar surface area (TPSA) is 59.9 Å². The lowest BCUT2D eigenvalue weighted by molar-refractivity contribution is -0.114. The Bertz CT molecular complexity index is 726. The third-order valence-corrected chi connectivity index (χ3v) is 3.48. The lowest BCUT2D eigenvalue weighted by Gasteiger charge is -2.13. The van der Waals surface area contributed by atoms with Crippen molar-refractivity contribution in [1.82, 2.24) is 5.32 Å². The number of rotatable bonds is 7. The number of aryl methyl sites for hydroxylation is 1. The van der Waals surface area contributed by atoms with E-state index in [2.05, 4.69) is 10.5 Å². The monoisotopic (exact) mass is 326 g/mol. The first-order chi connectivity index (χ1) is 11.7. The quantitative estimate of drug-likeness (QED) is 0.628. The molecule has 126 valence electrons. The molecule has 2 aromatic carbocycles. The number of para-hydroxylation sites is 1. The third-order valence-electron chi connectivity index (χ3n) is 3.48. The number of nitrogens with zero attached hydrogens (tertiary/aromatic N) is 1. The standard InChI is InChI=1S/C19H22N2O3/c1-4-24-21-18(19(22)20-3)16-11-7-6-10-15(16)13-23-17-12-8-5-9-14(17)2/h5-12H,4,13H2,1-3H3,(H,20,22)/b21-18-. The van der Waals surface area contributed by atoms with Gasteiger partial charge in [0.25, 0.3) is 5.91 Å². The molecule has 2 aromatic rings. The molecule has 0 saturated heterocycles. The van der Waals surface area contributed by atoms with Gasteiger partial charge in [-0.15, -0.1) is 0 Å². The van der Waals surface area contributed by atoms with Crippen molar-refractivity contribution in [3.8, 4) is 5.75 Å². The molecule has 0 aliphatic heterocycles. The molecule has 1 amide bonds. The number of nitrogens with one attached hydrogen (secondary N) is 1. The van der Waals surface area contributed by atoms with Crippen molar-refractivity contribution in [2.45, 2.75) is 20.5 Å². The van der Waals surface area contributed by atoms with Gasteiger partial charge in [0.1, 0.15) is 19.0 Å². The molecule has 0 fully saturated rings. The van der Waals surface area contributed by atoms with E-state index >= 15 is 0 Å². The number of ether oxygens (including phenoxy) is 1. The van der Waals surface area contributed by atoms with Gasteiger partial charge in [0.2, 0.25) is 0 Å². The molecule has 0 unspecified atom stereocenters. The van der Waals surface area contributed by atoms with Crippen LogP contribution in [0.4, 0.5) is 0 Å². The molecular weight excluding hydrogens is 304 g/mol. The van der Waals surface area contributed by atoms with E-state index in [1.54, 1.807) is 7.05 Å². The average molecular weight is 326 g/mol. The largest absolute Gasteiger partial charge is 0.489 e. The Kier molecular flexibility index (Phi) is 6.37. The van der Waals surface area contributed by atoms with Crippen molar-refractivity contribution in [3.05, 3.63) is 65.2 Å². The molecular formula is C19H22N2O3. The molecule has 5 nitrogen and oxygen atoms in total. The molecule has 0 radical (unpaired) electrons. The number of benzene rings is 2. The molecule has 0 spiro atoms. The van der Waals surface area contributed by atoms with Gasteiger partial charge in [-0.3, -0.25) is 4.79 Å². The zero-order valence-corrected chi connectivity index (χ0v) is 14.2. The van der Waals surface area contributed by atoms with E-state index in [0.29, 0.717) is 18.8 Å². The van der Waals surface area contributed by atoms with Crippen LogP contribution in [0, 0.1) is 6.92 Å². The van der Waals surface area contributed by atoms with Gasteiger partial charge < -0.3 is 14.9 Å². The summed E-state index contributed by atoms with van der Waals surface area (Å²) in [6.07, 6.45) is 0. The third kappa shape index (κ3) is 4.35. The van der Waals surface area contributed by atoms with E-state index in [-0.39, 0.29) is 11.6 Å². The summed E-state index contributed by atoms with van der Waals surface area (Å²) >= 11 is 0. The summed E-state index contributed by atoms with van der Waals surface area (Å²) < 4.78 is 5.90. The first kappa shape index (κ1) is 17.5. The second-order valence-corrected chi connectivity index (χ2v) is 5.15. The first-order valence-corrected chi connectivity index (χ1v) is 7.86. The number of amides is 1. The van der Waals surface area contributed by atoms with Crippen LogP contribution < -0.4 is 10.1 Å². The Morgan fingerprint density at radius 2 is 1.83 bits per heavy atom. The fraction of sp³-hybridized carbons (Fsp3) is 0.263. The first-order valence-electron chi connectivity index (χ1n) is 7.86. The fourth-order valence-corrected chi connectivity index (χ4v) is 2.21. The number of carbonyl (C=O) groups is 1. The molecule has 24 heavy (non-hydrogen) atoms. The minimum Gasteiger partial charge on any atom is -0.489 e. The minimum absolute atomic E-state index is 0.239. The Balaban J connectivity index is 2.28. The summed E-state index contributed by atoms with van der Waals surface area (Å²) in [5, 5.41) is 6.56. The van der Waals surface area contributed by atoms with Crippen molar-refractivity contribution in [1.29, 1.82) is 0 Å². The summed E-state index contributed by atoms with van der Waals surface area (Å²) in [4.78, 5) is 17.2. The zero-order valence-electron chi connectivity index (χ0n) is 14.2. The van der Waals surface area contributed by atoms with Crippen molar-refractivity contribution in [2.75, 3.05) is 13.7 Å². The van der Waals surface area contributed by atoms with Crippen molar-refractivity contribution in [3.63, 3.8) is 0 Å². The highest BCUT2D eigenvalue weighted by Crippen LogP contribution is 2.19. The molecule has 5 heteroatoms. The summed E-state index contributed by atoms with van der Waals surface area (Å²) in [7, 11) is 1.57. The fourth-order valence-electron chi connectivity index (χ4n) is 2.21. The number of carbonyl (C=O) groups excluding carboxylic acids is 1. The SMILES string of the molecule is CCO/N=C(\C(=O)NC)c1ccccc1COc1ccccc1C. The second-order valence-electron chi connectivity index (χ2n) is 5.15. The molecule has 1 N–H and O–H groups in total. The molecule has 0 bridgehead atoms. The van der Waals surface area contributed by atoms with Crippen LogP contribution in [0.5, 0.6) is 5.75 Å². The Labute approximate surface area is 142 Å². The van der Waals surface area contributed by atoms with Crippen LogP contribution >= 0.6 is 0 Å². The van der Waals surface area contributed by atoms with Crippen LogP contribution in [0.1, 0.15) is 23.6 Å². The van der Waals surface area contributed by atoms with Gasteiger partial charge in [-0.25, -0.2) is 0 Å². The van der Waals surface area contributed by atoms with E-state index in [9.17, 15) is 4.79 Å². The van der Waals surface area contributed by atoms with Gasteiger partial charge >= 0.3 is 0 Å². The average Bonchev–Trinajstić information content (AvgIpc) is 2.62. The predicted octanol–water partition coefficient (Wildman–Crippen LogP) is 3.06. The van der Waals surface area contributed by atoms with E-state index in [1.807, 2.05) is 62.4 Å². The van der Waals surface area contributed by atoms with Crippen molar-refractivity contribution in [2.24, 2.45) is 5.16 Å². The molecule has 2 rings (SSSR count). The minimum atomic E-state index is -0.299. The molecule has 0 heterocycles.